The van der Waals surface area contributed by atoms with Crippen LogP contribution in [0.4, 0.5) is 0 Å². The third-order valence-corrected chi connectivity index (χ3v) is 1.95. The summed E-state index contributed by atoms with van der Waals surface area (Å²) in [5, 5.41) is 17.5. The number of aliphatic carboxylic acids is 1. The summed E-state index contributed by atoms with van der Waals surface area (Å²) in [5.41, 5.74) is 4.27. The van der Waals surface area contributed by atoms with Gasteiger partial charge in [-0.1, -0.05) is 0 Å². The largest absolute Gasteiger partial charge is 0.480 e. The Kier molecular flexibility index (Phi) is 1.66. The maximum Gasteiger partial charge on any atom is 0.323 e. The van der Waals surface area contributed by atoms with Crippen molar-refractivity contribution in [1.29, 1.82) is 0 Å². The van der Waals surface area contributed by atoms with E-state index in [0.29, 0.717) is 12.8 Å². The van der Waals surface area contributed by atoms with Gasteiger partial charge in [0.15, 0.2) is 0 Å². The summed E-state index contributed by atoms with van der Waals surface area (Å²) in [7, 11) is 0. The lowest BCUT2D eigenvalue weighted by atomic mass is 10.00. The van der Waals surface area contributed by atoms with Crippen molar-refractivity contribution in [3.63, 3.8) is 0 Å². The van der Waals surface area contributed by atoms with E-state index in [1.54, 1.807) is 0 Å². The summed E-state index contributed by atoms with van der Waals surface area (Å²) in [4.78, 5) is 10.4. The molecular weight excluding hydrogens is 134 g/mol. The summed E-state index contributed by atoms with van der Waals surface area (Å²) in [6, 6.07) is 0. The topological polar surface area (TPSA) is 83.6 Å². The highest BCUT2D eigenvalue weighted by molar-refractivity contribution is 5.78. The van der Waals surface area contributed by atoms with Crippen LogP contribution in [0, 0.1) is 0 Å². The fourth-order valence-electron chi connectivity index (χ4n) is 1.24. The number of hydrogen-bond acceptors (Lipinski definition) is 3. The molecule has 0 aromatic carbocycles. The number of carboxylic acids is 1. The van der Waals surface area contributed by atoms with E-state index in [4.69, 9.17) is 15.9 Å². The average Bonchev–Trinajstić information content (AvgIpc) is 2.13. The van der Waals surface area contributed by atoms with Crippen LogP contribution in [0.1, 0.15) is 19.3 Å². The van der Waals surface area contributed by atoms with Crippen LogP contribution in [0.3, 0.4) is 0 Å². The first-order valence-corrected chi connectivity index (χ1v) is 3.25. The molecule has 4 N–H and O–H groups in total. The molecule has 1 fully saturated rings. The van der Waals surface area contributed by atoms with Crippen LogP contribution < -0.4 is 5.73 Å². The maximum absolute atomic E-state index is 10.4. The van der Waals surface area contributed by atoms with Crippen LogP contribution in [0.25, 0.3) is 0 Å². The van der Waals surface area contributed by atoms with Crippen molar-refractivity contribution < 1.29 is 15.0 Å². The normalized spacial score (nSPS) is 40.0. The molecule has 0 saturated heterocycles. The summed E-state index contributed by atoms with van der Waals surface area (Å²) in [6.07, 6.45) is 0.537. The summed E-state index contributed by atoms with van der Waals surface area (Å²) in [6.45, 7) is 0. The van der Waals surface area contributed by atoms with E-state index < -0.39 is 17.6 Å². The van der Waals surface area contributed by atoms with Gasteiger partial charge >= 0.3 is 5.97 Å². The van der Waals surface area contributed by atoms with Crippen molar-refractivity contribution in [3.8, 4) is 0 Å². The predicted octanol–water partition coefficient (Wildman–Crippen LogP) is -0.687. The van der Waals surface area contributed by atoms with Gasteiger partial charge in [-0.25, -0.2) is 0 Å². The minimum absolute atomic E-state index is 0.183. The molecule has 0 spiro atoms. The third kappa shape index (κ3) is 1.12. The molecule has 1 aliphatic rings. The third-order valence-electron chi connectivity index (χ3n) is 1.95. The first-order chi connectivity index (χ1) is 4.54. The maximum atomic E-state index is 10.4. The van der Waals surface area contributed by atoms with Crippen molar-refractivity contribution >= 4 is 5.97 Å². The molecule has 2 unspecified atom stereocenters. The van der Waals surface area contributed by atoms with Crippen LogP contribution in [-0.2, 0) is 4.79 Å². The minimum Gasteiger partial charge on any atom is -0.480 e. The van der Waals surface area contributed by atoms with Crippen LogP contribution in [0.15, 0.2) is 0 Å². The van der Waals surface area contributed by atoms with Crippen molar-refractivity contribution in [2.75, 3.05) is 0 Å². The van der Waals surface area contributed by atoms with E-state index in [0.717, 1.165) is 0 Å². The lowest BCUT2D eigenvalue weighted by Crippen LogP contribution is -2.45. The standard InChI is InChI=1S/C6H11NO3/c7-6(5(9)10)2-1-4(8)3-6/h4,8H,1-3,7H2,(H,9,10). The fourth-order valence-corrected chi connectivity index (χ4v) is 1.24. The molecule has 4 nitrogen and oxygen atoms in total. The van der Waals surface area contributed by atoms with E-state index >= 15 is 0 Å². The molecule has 0 radical (unpaired) electrons. The Labute approximate surface area is 58.6 Å². The second-order valence-corrected chi connectivity index (χ2v) is 2.86. The van der Waals surface area contributed by atoms with Gasteiger partial charge in [0.1, 0.15) is 5.54 Å². The lowest BCUT2D eigenvalue weighted by Gasteiger charge is -2.16. The second kappa shape index (κ2) is 2.21. The Hall–Kier alpha value is -0.610. The van der Waals surface area contributed by atoms with Crippen LogP contribution in [0.2, 0.25) is 0 Å². The van der Waals surface area contributed by atoms with Crippen LogP contribution in [0.5, 0.6) is 0 Å². The first-order valence-electron chi connectivity index (χ1n) is 3.25. The molecule has 1 saturated carbocycles. The van der Waals surface area contributed by atoms with Crippen molar-refractivity contribution in [2.45, 2.75) is 30.9 Å². The second-order valence-electron chi connectivity index (χ2n) is 2.86. The molecule has 10 heavy (non-hydrogen) atoms. The lowest BCUT2D eigenvalue weighted by molar-refractivity contribution is -0.143. The zero-order valence-electron chi connectivity index (χ0n) is 5.58. The predicted molar refractivity (Wildman–Crippen MR) is 34.4 cm³/mol. The number of aliphatic hydroxyl groups is 1. The highest BCUT2D eigenvalue weighted by Crippen LogP contribution is 2.27. The number of hydrogen-bond donors (Lipinski definition) is 3. The highest BCUT2D eigenvalue weighted by atomic mass is 16.4. The molecular formula is C6H11NO3. The number of carbonyl (C=O) groups is 1. The van der Waals surface area contributed by atoms with Gasteiger partial charge in [-0.3, -0.25) is 4.79 Å². The number of carboxylic acid groups (broad SMARTS) is 1. The molecule has 0 bridgehead atoms. The Morgan fingerprint density at radius 2 is 2.30 bits per heavy atom. The molecule has 4 heteroatoms. The molecule has 1 rings (SSSR count). The summed E-state index contributed by atoms with van der Waals surface area (Å²) < 4.78 is 0. The number of aliphatic hydroxyl groups excluding tert-OH is 1. The minimum atomic E-state index is -1.17. The average molecular weight is 145 g/mol. The zero-order valence-corrected chi connectivity index (χ0v) is 5.58. The quantitative estimate of drug-likeness (QED) is 0.456. The van der Waals surface area contributed by atoms with Crippen molar-refractivity contribution in [3.05, 3.63) is 0 Å². The van der Waals surface area contributed by atoms with Gasteiger partial charge in [0.25, 0.3) is 0 Å². The van der Waals surface area contributed by atoms with Gasteiger partial charge in [-0.15, -0.1) is 0 Å². The van der Waals surface area contributed by atoms with E-state index in [-0.39, 0.29) is 6.42 Å². The van der Waals surface area contributed by atoms with E-state index in [1.165, 1.54) is 0 Å². The van der Waals surface area contributed by atoms with Crippen molar-refractivity contribution in [1.82, 2.24) is 0 Å². The van der Waals surface area contributed by atoms with Gasteiger partial charge in [0, 0.05) is 6.42 Å². The van der Waals surface area contributed by atoms with E-state index in [1.807, 2.05) is 0 Å². The monoisotopic (exact) mass is 145 g/mol. The fraction of sp³-hybridized carbons (Fsp3) is 0.833. The van der Waals surface area contributed by atoms with Gasteiger partial charge < -0.3 is 15.9 Å². The molecule has 0 aliphatic heterocycles. The number of rotatable bonds is 1. The summed E-state index contributed by atoms with van der Waals surface area (Å²) >= 11 is 0. The highest BCUT2D eigenvalue weighted by Gasteiger charge is 2.41. The zero-order chi connectivity index (χ0) is 7.78. The smallest absolute Gasteiger partial charge is 0.323 e. The molecule has 0 heterocycles. The molecule has 0 amide bonds. The number of nitrogens with two attached hydrogens (primary N) is 1. The molecule has 0 aromatic rings. The molecule has 0 aromatic heterocycles. The van der Waals surface area contributed by atoms with Crippen LogP contribution in [-0.4, -0.2) is 27.8 Å². The van der Waals surface area contributed by atoms with E-state index in [2.05, 4.69) is 0 Å². The Balaban J connectivity index is 2.63. The van der Waals surface area contributed by atoms with Gasteiger partial charge in [-0.05, 0) is 12.8 Å². The SMILES string of the molecule is NC1(C(=O)O)CCC(O)C1. The summed E-state index contributed by atoms with van der Waals surface area (Å²) in [5.74, 6) is -1.01. The van der Waals surface area contributed by atoms with Gasteiger partial charge in [-0.2, -0.15) is 0 Å². The van der Waals surface area contributed by atoms with Gasteiger partial charge in [0.2, 0.25) is 0 Å². The Morgan fingerprint density at radius 3 is 2.50 bits per heavy atom. The first kappa shape index (κ1) is 7.50. The molecule has 2 atom stereocenters. The van der Waals surface area contributed by atoms with Crippen LogP contribution >= 0.6 is 0 Å². The Morgan fingerprint density at radius 1 is 1.70 bits per heavy atom. The van der Waals surface area contributed by atoms with E-state index in [9.17, 15) is 4.79 Å². The Bertz CT molecular complexity index is 159. The molecule has 58 valence electrons. The van der Waals surface area contributed by atoms with Crippen molar-refractivity contribution in [2.24, 2.45) is 5.73 Å². The van der Waals surface area contributed by atoms with Gasteiger partial charge in [0.05, 0.1) is 6.10 Å². The molecule has 1 aliphatic carbocycles.